The van der Waals surface area contributed by atoms with Crippen LogP contribution < -0.4 is 5.32 Å². The van der Waals surface area contributed by atoms with Crippen LogP contribution in [-0.4, -0.2) is 25.8 Å². The van der Waals surface area contributed by atoms with E-state index in [9.17, 15) is 0 Å². The van der Waals surface area contributed by atoms with Gasteiger partial charge in [-0.3, -0.25) is 0 Å². The number of rotatable bonds is 7. The van der Waals surface area contributed by atoms with Gasteiger partial charge in [-0.25, -0.2) is 0 Å². The third-order valence-electron chi connectivity index (χ3n) is 3.06. The minimum absolute atomic E-state index is 0.169. The first-order chi connectivity index (χ1) is 8.90. The molecule has 3 heteroatoms. The molecule has 0 heterocycles. The van der Waals surface area contributed by atoms with Gasteiger partial charge < -0.3 is 10.1 Å². The summed E-state index contributed by atoms with van der Waals surface area (Å²) in [5.41, 5.74) is 1.55. The molecule has 2 nitrogen and oxygen atoms in total. The Hall–Kier alpha value is -0.380. The molecule has 1 unspecified atom stereocenters. The summed E-state index contributed by atoms with van der Waals surface area (Å²) in [6.07, 6.45) is 2.18. The molecule has 0 radical (unpaired) electrons. The molecule has 1 aromatic rings. The van der Waals surface area contributed by atoms with E-state index < -0.39 is 0 Å². The second kappa shape index (κ2) is 8.03. The molecule has 1 N–H and O–H groups in total. The second-order valence-electron chi connectivity index (χ2n) is 6.11. The maximum Gasteiger partial charge on any atom is 0.0465 e. The van der Waals surface area contributed by atoms with Crippen molar-refractivity contribution in [3.8, 4) is 0 Å². The predicted molar refractivity (Wildman–Crippen MR) is 85.6 cm³/mol. The highest BCUT2D eigenvalue weighted by atomic mass is 79.9. The fourth-order valence-electron chi connectivity index (χ4n) is 2.01. The molecule has 0 aliphatic heterocycles. The van der Waals surface area contributed by atoms with Crippen molar-refractivity contribution in [3.63, 3.8) is 0 Å². The first kappa shape index (κ1) is 16.7. The van der Waals surface area contributed by atoms with E-state index in [0.29, 0.717) is 5.92 Å². The zero-order valence-electron chi connectivity index (χ0n) is 12.5. The molecule has 0 aromatic heterocycles. The van der Waals surface area contributed by atoms with Crippen LogP contribution in [0.2, 0.25) is 0 Å². The predicted octanol–water partition coefficient (Wildman–Crippen LogP) is 4.03. The standard InChI is InChI=1S/C16H26BrNO/c1-16(2,3)18-12-14(8-9-19-4)10-13-6-5-7-15(17)11-13/h5-7,11,14,18H,8-10,12H2,1-4H3. The van der Waals surface area contributed by atoms with Crippen molar-refractivity contribution < 1.29 is 4.74 Å². The Bertz CT molecular complexity index is 373. The monoisotopic (exact) mass is 327 g/mol. The fraction of sp³-hybridized carbons (Fsp3) is 0.625. The van der Waals surface area contributed by atoms with Crippen LogP contribution in [-0.2, 0) is 11.2 Å². The van der Waals surface area contributed by atoms with Crippen molar-refractivity contribution in [1.29, 1.82) is 0 Å². The molecule has 1 aromatic carbocycles. The Labute approximate surface area is 126 Å². The molecule has 1 atom stereocenters. The number of halogens is 1. The van der Waals surface area contributed by atoms with E-state index in [2.05, 4.69) is 66.3 Å². The van der Waals surface area contributed by atoms with Gasteiger partial charge in [-0.1, -0.05) is 28.1 Å². The number of benzene rings is 1. The fourth-order valence-corrected chi connectivity index (χ4v) is 2.46. The van der Waals surface area contributed by atoms with Crippen molar-refractivity contribution in [1.82, 2.24) is 5.32 Å². The normalized spacial score (nSPS) is 13.5. The molecule has 0 amide bonds. The minimum Gasteiger partial charge on any atom is -0.385 e. The highest BCUT2D eigenvalue weighted by Crippen LogP contribution is 2.17. The van der Waals surface area contributed by atoms with Crippen LogP contribution in [0.15, 0.2) is 28.7 Å². The van der Waals surface area contributed by atoms with Crippen LogP contribution in [0, 0.1) is 5.92 Å². The summed E-state index contributed by atoms with van der Waals surface area (Å²) in [4.78, 5) is 0. The molecule has 0 saturated carbocycles. The van der Waals surface area contributed by atoms with E-state index in [1.807, 2.05) is 0 Å². The SMILES string of the molecule is COCCC(CNC(C)(C)C)Cc1cccc(Br)c1. The van der Waals surface area contributed by atoms with Crippen molar-refractivity contribution in [2.75, 3.05) is 20.3 Å². The number of ether oxygens (including phenoxy) is 1. The number of nitrogens with one attached hydrogen (secondary N) is 1. The van der Waals surface area contributed by atoms with Gasteiger partial charge in [0, 0.05) is 23.7 Å². The summed E-state index contributed by atoms with van der Waals surface area (Å²) in [6.45, 7) is 8.47. The van der Waals surface area contributed by atoms with Crippen LogP contribution >= 0.6 is 15.9 Å². The van der Waals surface area contributed by atoms with Crippen molar-refractivity contribution >= 4 is 15.9 Å². The van der Waals surface area contributed by atoms with Crippen LogP contribution in [0.3, 0.4) is 0 Å². The summed E-state index contributed by atoms with van der Waals surface area (Å²) in [7, 11) is 1.77. The van der Waals surface area contributed by atoms with Gasteiger partial charge in [0.2, 0.25) is 0 Å². The quantitative estimate of drug-likeness (QED) is 0.816. The smallest absolute Gasteiger partial charge is 0.0465 e. The van der Waals surface area contributed by atoms with Gasteiger partial charge in [0.15, 0.2) is 0 Å². The Morgan fingerprint density at radius 1 is 1.32 bits per heavy atom. The zero-order valence-corrected chi connectivity index (χ0v) is 14.1. The van der Waals surface area contributed by atoms with Crippen LogP contribution in [0.1, 0.15) is 32.8 Å². The average Bonchev–Trinajstić information content (AvgIpc) is 2.31. The Morgan fingerprint density at radius 3 is 2.63 bits per heavy atom. The Morgan fingerprint density at radius 2 is 2.05 bits per heavy atom. The maximum absolute atomic E-state index is 5.23. The molecule has 0 aliphatic rings. The first-order valence-electron chi connectivity index (χ1n) is 6.89. The van der Waals surface area contributed by atoms with Crippen LogP contribution in [0.4, 0.5) is 0 Å². The first-order valence-corrected chi connectivity index (χ1v) is 7.68. The van der Waals surface area contributed by atoms with Gasteiger partial charge in [0.05, 0.1) is 0 Å². The molecule has 1 rings (SSSR count). The molecule has 0 saturated heterocycles. The lowest BCUT2D eigenvalue weighted by atomic mass is 9.95. The van der Waals surface area contributed by atoms with Gasteiger partial charge >= 0.3 is 0 Å². The van der Waals surface area contributed by atoms with Crippen LogP contribution in [0.5, 0.6) is 0 Å². The highest BCUT2D eigenvalue weighted by molar-refractivity contribution is 9.10. The summed E-state index contributed by atoms with van der Waals surface area (Å²) in [5.74, 6) is 0.605. The maximum atomic E-state index is 5.23. The topological polar surface area (TPSA) is 21.3 Å². The summed E-state index contributed by atoms with van der Waals surface area (Å²) >= 11 is 3.54. The van der Waals surface area contributed by atoms with E-state index >= 15 is 0 Å². The zero-order chi connectivity index (χ0) is 14.3. The van der Waals surface area contributed by atoms with Gasteiger partial charge in [-0.15, -0.1) is 0 Å². The number of hydrogen-bond donors (Lipinski definition) is 1. The van der Waals surface area contributed by atoms with E-state index in [0.717, 1.165) is 30.5 Å². The minimum atomic E-state index is 0.169. The molecule has 0 aliphatic carbocycles. The lowest BCUT2D eigenvalue weighted by molar-refractivity contribution is 0.173. The largest absolute Gasteiger partial charge is 0.385 e. The molecule has 19 heavy (non-hydrogen) atoms. The third kappa shape index (κ3) is 7.71. The molecule has 0 bridgehead atoms. The summed E-state index contributed by atoms with van der Waals surface area (Å²) < 4.78 is 6.38. The van der Waals surface area contributed by atoms with Gasteiger partial charge in [-0.2, -0.15) is 0 Å². The molecule has 108 valence electrons. The van der Waals surface area contributed by atoms with E-state index in [4.69, 9.17) is 4.74 Å². The van der Waals surface area contributed by atoms with Crippen molar-refractivity contribution in [2.24, 2.45) is 5.92 Å². The van der Waals surface area contributed by atoms with E-state index in [1.165, 1.54) is 5.56 Å². The van der Waals surface area contributed by atoms with Crippen molar-refractivity contribution in [2.45, 2.75) is 39.2 Å². The van der Waals surface area contributed by atoms with Crippen molar-refractivity contribution in [3.05, 3.63) is 34.3 Å². The highest BCUT2D eigenvalue weighted by Gasteiger charge is 2.15. The summed E-state index contributed by atoms with van der Waals surface area (Å²) in [6, 6.07) is 8.57. The number of hydrogen-bond acceptors (Lipinski definition) is 2. The van der Waals surface area contributed by atoms with Crippen LogP contribution in [0.25, 0.3) is 0 Å². The van der Waals surface area contributed by atoms with E-state index in [-0.39, 0.29) is 5.54 Å². The van der Waals surface area contributed by atoms with Gasteiger partial charge in [0.1, 0.15) is 0 Å². The second-order valence-corrected chi connectivity index (χ2v) is 7.03. The lowest BCUT2D eigenvalue weighted by Gasteiger charge is -2.25. The van der Waals surface area contributed by atoms with Gasteiger partial charge in [-0.05, 0) is 63.8 Å². The Balaban J connectivity index is 2.58. The van der Waals surface area contributed by atoms with Gasteiger partial charge in [0.25, 0.3) is 0 Å². The molecule has 0 spiro atoms. The molecular weight excluding hydrogens is 302 g/mol. The molecule has 0 fully saturated rings. The Kier molecular flexibility index (Phi) is 7.05. The summed E-state index contributed by atoms with van der Waals surface area (Å²) in [5, 5.41) is 3.60. The average molecular weight is 328 g/mol. The van der Waals surface area contributed by atoms with E-state index in [1.54, 1.807) is 7.11 Å². The number of methoxy groups -OCH3 is 1. The lowest BCUT2D eigenvalue weighted by Crippen LogP contribution is -2.39. The molecular formula is C16H26BrNO. The third-order valence-corrected chi connectivity index (χ3v) is 3.56.